The number of rotatable bonds is 7. The van der Waals surface area contributed by atoms with Gasteiger partial charge in [0.2, 0.25) is 5.91 Å². The van der Waals surface area contributed by atoms with Crippen LogP contribution in [0.2, 0.25) is 0 Å². The third-order valence-electron chi connectivity index (χ3n) is 2.36. The van der Waals surface area contributed by atoms with Crippen LogP contribution in [-0.4, -0.2) is 25.7 Å². The number of nitrogen functional groups attached to an aromatic ring is 1. The van der Waals surface area contributed by atoms with E-state index in [-0.39, 0.29) is 5.91 Å². The third-order valence-corrected chi connectivity index (χ3v) is 2.36. The van der Waals surface area contributed by atoms with Crippen molar-refractivity contribution in [2.75, 3.05) is 25.5 Å². The molecule has 1 rings (SSSR count). The lowest BCUT2D eigenvalue weighted by molar-refractivity contribution is -0.120. The van der Waals surface area contributed by atoms with Crippen molar-refractivity contribution in [1.82, 2.24) is 5.32 Å². The summed E-state index contributed by atoms with van der Waals surface area (Å²) in [5.74, 6) is 0.531. The van der Waals surface area contributed by atoms with Crippen LogP contribution >= 0.6 is 0 Å². The summed E-state index contributed by atoms with van der Waals surface area (Å²) in [6.45, 7) is 6.04. The molecule has 0 aromatic heterocycles. The maximum Gasteiger partial charge on any atom is 0.224 e. The molecule has 100 valence electrons. The SMILES string of the molecule is CC(C)COCCNC(=O)Cc1ccc(N)cc1. The molecule has 0 unspecified atom stereocenters. The summed E-state index contributed by atoms with van der Waals surface area (Å²) in [6, 6.07) is 7.33. The Balaban J connectivity index is 2.16. The molecular weight excluding hydrogens is 228 g/mol. The molecule has 0 saturated heterocycles. The molecule has 4 nitrogen and oxygen atoms in total. The Hall–Kier alpha value is -1.55. The second-order valence-electron chi connectivity index (χ2n) is 4.74. The first-order chi connectivity index (χ1) is 8.58. The molecule has 0 atom stereocenters. The lowest BCUT2D eigenvalue weighted by atomic mass is 10.1. The third kappa shape index (κ3) is 6.25. The Morgan fingerprint density at radius 3 is 2.61 bits per heavy atom. The highest BCUT2D eigenvalue weighted by Gasteiger charge is 2.02. The smallest absolute Gasteiger partial charge is 0.224 e. The summed E-state index contributed by atoms with van der Waals surface area (Å²) in [6.07, 6.45) is 0.379. The van der Waals surface area contributed by atoms with Gasteiger partial charge in [0.15, 0.2) is 0 Å². The molecule has 1 aromatic carbocycles. The van der Waals surface area contributed by atoms with Crippen LogP contribution in [0.15, 0.2) is 24.3 Å². The van der Waals surface area contributed by atoms with Crippen LogP contribution in [0.1, 0.15) is 19.4 Å². The Labute approximate surface area is 109 Å². The number of hydrogen-bond donors (Lipinski definition) is 2. The van der Waals surface area contributed by atoms with Crippen molar-refractivity contribution >= 4 is 11.6 Å². The first-order valence-corrected chi connectivity index (χ1v) is 6.27. The highest BCUT2D eigenvalue weighted by Crippen LogP contribution is 2.05. The van der Waals surface area contributed by atoms with Crippen molar-refractivity contribution in [3.8, 4) is 0 Å². The number of benzene rings is 1. The van der Waals surface area contributed by atoms with Gasteiger partial charge in [-0.3, -0.25) is 4.79 Å². The number of ether oxygens (including phenoxy) is 1. The Morgan fingerprint density at radius 1 is 1.33 bits per heavy atom. The molecule has 3 N–H and O–H groups in total. The standard InChI is InChI=1S/C14H22N2O2/c1-11(2)10-18-8-7-16-14(17)9-12-3-5-13(15)6-4-12/h3-6,11H,7-10,15H2,1-2H3,(H,16,17). The molecule has 0 heterocycles. The number of carbonyl (C=O) groups excluding carboxylic acids is 1. The lowest BCUT2D eigenvalue weighted by Gasteiger charge is -2.08. The van der Waals surface area contributed by atoms with Gasteiger partial charge in [0, 0.05) is 18.8 Å². The molecule has 1 aromatic rings. The van der Waals surface area contributed by atoms with E-state index in [1.54, 1.807) is 12.1 Å². The van der Waals surface area contributed by atoms with Gasteiger partial charge in [-0.2, -0.15) is 0 Å². The van der Waals surface area contributed by atoms with Crippen LogP contribution in [0.25, 0.3) is 0 Å². The van der Waals surface area contributed by atoms with Gasteiger partial charge in [-0.05, 0) is 23.6 Å². The van der Waals surface area contributed by atoms with Gasteiger partial charge in [0.25, 0.3) is 0 Å². The van der Waals surface area contributed by atoms with E-state index in [0.29, 0.717) is 31.2 Å². The fourth-order valence-electron chi connectivity index (χ4n) is 1.47. The number of nitrogens with one attached hydrogen (secondary N) is 1. The maximum absolute atomic E-state index is 11.6. The topological polar surface area (TPSA) is 64.3 Å². The summed E-state index contributed by atoms with van der Waals surface area (Å²) in [5, 5.41) is 2.82. The van der Waals surface area contributed by atoms with E-state index in [9.17, 15) is 4.79 Å². The van der Waals surface area contributed by atoms with Crippen molar-refractivity contribution in [1.29, 1.82) is 0 Å². The fraction of sp³-hybridized carbons (Fsp3) is 0.500. The second-order valence-corrected chi connectivity index (χ2v) is 4.74. The molecule has 0 radical (unpaired) electrons. The Kier molecular flexibility index (Phi) is 6.22. The highest BCUT2D eigenvalue weighted by molar-refractivity contribution is 5.78. The molecule has 0 fully saturated rings. The van der Waals surface area contributed by atoms with E-state index >= 15 is 0 Å². The minimum absolute atomic E-state index is 0.00733. The number of amides is 1. The number of hydrogen-bond acceptors (Lipinski definition) is 3. The van der Waals surface area contributed by atoms with Gasteiger partial charge >= 0.3 is 0 Å². The summed E-state index contributed by atoms with van der Waals surface area (Å²) in [5.41, 5.74) is 7.25. The molecular formula is C14H22N2O2. The number of carbonyl (C=O) groups is 1. The van der Waals surface area contributed by atoms with E-state index in [1.165, 1.54) is 0 Å². The average Bonchev–Trinajstić information content (AvgIpc) is 2.31. The zero-order valence-corrected chi connectivity index (χ0v) is 11.1. The van der Waals surface area contributed by atoms with Gasteiger partial charge in [0.05, 0.1) is 13.0 Å². The van der Waals surface area contributed by atoms with Crippen LogP contribution in [0.4, 0.5) is 5.69 Å². The number of nitrogens with two attached hydrogens (primary N) is 1. The van der Waals surface area contributed by atoms with Crippen molar-refractivity contribution in [2.45, 2.75) is 20.3 Å². The van der Waals surface area contributed by atoms with E-state index in [4.69, 9.17) is 10.5 Å². The Morgan fingerprint density at radius 2 is 2.00 bits per heavy atom. The summed E-state index contributed by atoms with van der Waals surface area (Å²) < 4.78 is 5.38. The largest absolute Gasteiger partial charge is 0.399 e. The summed E-state index contributed by atoms with van der Waals surface area (Å²) >= 11 is 0. The van der Waals surface area contributed by atoms with Crippen molar-refractivity contribution in [2.24, 2.45) is 5.92 Å². The van der Waals surface area contributed by atoms with E-state index in [1.807, 2.05) is 12.1 Å². The summed E-state index contributed by atoms with van der Waals surface area (Å²) in [7, 11) is 0. The zero-order valence-electron chi connectivity index (χ0n) is 11.1. The van der Waals surface area contributed by atoms with Crippen molar-refractivity contribution in [3.05, 3.63) is 29.8 Å². The van der Waals surface area contributed by atoms with Crippen LogP contribution in [0.3, 0.4) is 0 Å². The van der Waals surface area contributed by atoms with Gasteiger partial charge < -0.3 is 15.8 Å². The molecule has 0 saturated carbocycles. The molecule has 18 heavy (non-hydrogen) atoms. The van der Waals surface area contributed by atoms with Gasteiger partial charge in [-0.15, -0.1) is 0 Å². The van der Waals surface area contributed by atoms with Crippen molar-refractivity contribution in [3.63, 3.8) is 0 Å². The predicted molar refractivity (Wildman–Crippen MR) is 73.2 cm³/mol. The van der Waals surface area contributed by atoms with Crippen LogP contribution in [0.5, 0.6) is 0 Å². The number of anilines is 1. The van der Waals surface area contributed by atoms with Crippen LogP contribution in [0, 0.1) is 5.92 Å². The zero-order chi connectivity index (χ0) is 13.4. The molecule has 0 aliphatic rings. The molecule has 0 aliphatic carbocycles. The summed E-state index contributed by atoms with van der Waals surface area (Å²) in [4.78, 5) is 11.6. The van der Waals surface area contributed by atoms with E-state index in [2.05, 4.69) is 19.2 Å². The molecule has 4 heteroatoms. The van der Waals surface area contributed by atoms with Gasteiger partial charge in [-0.25, -0.2) is 0 Å². The fourth-order valence-corrected chi connectivity index (χ4v) is 1.47. The quantitative estimate of drug-likeness (QED) is 0.570. The van der Waals surface area contributed by atoms with E-state index in [0.717, 1.165) is 12.2 Å². The Bertz CT molecular complexity index is 361. The molecule has 1 amide bonds. The minimum Gasteiger partial charge on any atom is -0.399 e. The van der Waals surface area contributed by atoms with Crippen LogP contribution in [-0.2, 0) is 16.0 Å². The molecule has 0 bridgehead atoms. The normalized spacial score (nSPS) is 10.6. The van der Waals surface area contributed by atoms with Crippen molar-refractivity contribution < 1.29 is 9.53 Å². The maximum atomic E-state index is 11.6. The first-order valence-electron chi connectivity index (χ1n) is 6.27. The predicted octanol–water partition coefficient (Wildman–Crippen LogP) is 1.60. The second kappa shape index (κ2) is 7.71. The minimum atomic E-state index is 0.00733. The lowest BCUT2D eigenvalue weighted by Crippen LogP contribution is -2.29. The molecule has 0 spiro atoms. The van der Waals surface area contributed by atoms with E-state index < -0.39 is 0 Å². The van der Waals surface area contributed by atoms with Gasteiger partial charge in [-0.1, -0.05) is 26.0 Å². The average molecular weight is 250 g/mol. The molecule has 0 aliphatic heterocycles. The first kappa shape index (κ1) is 14.5. The van der Waals surface area contributed by atoms with Crippen LogP contribution < -0.4 is 11.1 Å². The van der Waals surface area contributed by atoms with Gasteiger partial charge in [0.1, 0.15) is 0 Å². The monoisotopic (exact) mass is 250 g/mol. The highest BCUT2D eigenvalue weighted by atomic mass is 16.5.